The van der Waals surface area contributed by atoms with Gasteiger partial charge in [0.05, 0.1) is 0 Å². The van der Waals surface area contributed by atoms with E-state index >= 15 is 0 Å². The number of rotatable bonds is 3. The van der Waals surface area contributed by atoms with Crippen LogP contribution in [0.3, 0.4) is 0 Å². The Labute approximate surface area is 129 Å². The highest BCUT2D eigenvalue weighted by Crippen LogP contribution is 2.11. The fourth-order valence-electron chi connectivity index (χ4n) is 1.24. The van der Waals surface area contributed by atoms with Crippen molar-refractivity contribution in [2.24, 2.45) is 10.8 Å². The van der Waals surface area contributed by atoms with Crippen LogP contribution in [0.25, 0.3) is 0 Å². The Morgan fingerprint density at radius 3 is 2.47 bits per heavy atom. The molecule has 1 rings (SSSR count). The third kappa shape index (κ3) is 5.52. The van der Waals surface area contributed by atoms with Crippen molar-refractivity contribution in [1.82, 2.24) is 15.9 Å². The molecule has 4 N–H and O–H groups in total. The number of carbonyl (C=O) groups excluding carboxylic acids is 1. The number of amides is 1. The van der Waals surface area contributed by atoms with Gasteiger partial charge >= 0.3 is 0 Å². The zero-order chi connectivity index (χ0) is 12.8. The van der Waals surface area contributed by atoms with E-state index in [9.17, 15) is 4.79 Å². The summed E-state index contributed by atoms with van der Waals surface area (Å²) in [5, 5.41) is 5.31. The van der Waals surface area contributed by atoms with Crippen LogP contribution >= 0.6 is 36.4 Å². The van der Waals surface area contributed by atoms with E-state index in [0.29, 0.717) is 10.6 Å². The summed E-state index contributed by atoms with van der Waals surface area (Å²) < 4.78 is 0. The third-order valence-corrected chi connectivity index (χ3v) is 2.19. The predicted octanol–water partition coefficient (Wildman–Crippen LogP) is 1.21. The van der Waals surface area contributed by atoms with Crippen molar-refractivity contribution in [1.29, 1.82) is 0 Å². The van der Waals surface area contributed by atoms with Crippen molar-refractivity contribution < 1.29 is 4.79 Å². The summed E-state index contributed by atoms with van der Waals surface area (Å²) in [7, 11) is 3.16. The standard InChI is InChI=1S/C10H14ClN5O.2ClH/c1-13-15-10(12)16(14-2)9(17)7-4-3-5-8(11)6-7;;/h3-6,13-14H,1-2H3,(H2,12,15);2*1H. The summed E-state index contributed by atoms with van der Waals surface area (Å²) in [6, 6.07) is 6.58. The Bertz CT molecular complexity index is 441. The number of benzene rings is 1. The largest absolute Gasteiger partial charge is 0.367 e. The fourth-order valence-corrected chi connectivity index (χ4v) is 1.43. The lowest BCUT2D eigenvalue weighted by molar-refractivity contribution is 0.0801. The van der Waals surface area contributed by atoms with Gasteiger partial charge < -0.3 is 11.2 Å². The van der Waals surface area contributed by atoms with Gasteiger partial charge in [-0.05, 0) is 18.2 Å². The van der Waals surface area contributed by atoms with Crippen LogP contribution < -0.4 is 16.6 Å². The van der Waals surface area contributed by atoms with Gasteiger partial charge in [0.1, 0.15) is 0 Å². The molecule has 6 nitrogen and oxygen atoms in total. The highest BCUT2D eigenvalue weighted by atomic mass is 35.5. The first-order valence-corrected chi connectivity index (χ1v) is 5.25. The van der Waals surface area contributed by atoms with Crippen molar-refractivity contribution in [3.05, 3.63) is 34.9 Å². The third-order valence-electron chi connectivity index (χ3n) is 1.95. The van der Waals surface area contributed by atoms with Gasteiger partial charge in [0.15, 0.2) is 0 Å². The molecule has 0 radical (unpaired) electrons. The highest BCUT2D eigenvalue weighted by molar-refractivity contribution is 6.31. The molecule has 1 aromatic carbocycles. The van der Waals surface area contributed by atoms with E-state index in [-0.39, 0.29) is 36.7 Å². The lowest BCUT2D eigenvalue weighted by atomic mass is 10.2. The second kappa shape index (κ2) is 9.69. The van der Waals surface area contributed by atoms with Gasteiger partial charge in [0.25, 0.3) is 5.91 Å². The molecule has 0 unspecified atom stereocenters. The maximum atomic E-state index is 12.1. The van der Waals surface area contributed by atoms with Gasteiger partial charge in [0, 0.05) is 24.7 Å². The minimum atomic E-state index is -0.341. The zero-order valence-electron chi connectivity index (χ0n) is 10.4. The van der Waals surface area contributed by atoms with Gasteiger partial charge in [-0.2, -0.15) is 0 Å². The number of nitrogens with zero attached hydrogens (tertiary/aromatic N) is 2. The van der Waals surface area contributed by atoms with Crippen LogP contribution in [0.2, 0.25) is 5.02 Å². The van der Waals surface area contributed by atoms with Gasteiger partial charge in [0.2, 0.25) is 5.96 Å². The molecule has 1 aromatic rings. The fraction of sp³-hybridized carbons (Fsp3) is 0.200. The van der Waals surface area contributed by atoms with Crippen molar-refractivity contribution in [2.45, 2.75) is 0 Å². The van der Waals surface area contributed by atoms with Crippen LogP contribution in [0, 0.1) is 0 Å². The van der Waals surface area contributed by atoms with Gasteiger partial charge in [-0.15, -0.1) is 29.9 Å². The molecule has 0 saturated heterocycles. The number of hydrazone groups is 1. The number of nitrogens with two attached hydrogens (primary N) is 1. The van der Waals surface area contributed by atoms with Gasteiger partial charge in [-0.1, -0.05) is 17.7 Å². The van der Waals surface area contributed by atoms with Crippen LogP contribution in [0.15, 0.2) is 29.4 Å². The summed E-state index contributed by atoms with van der Waals surface area (Å²) in [6.07, 6.45) is 0. The Hall–Kier alpha value is -1.21. The Morgan fingerprint density at radius 2 is 2.00 bits per heavy atom. The lowest BCUT2D eigenvalue weighted by Gasteiger charge is -2.19. The summed E-state index contributed by atoms with van der Waals surface area (Å²) in [6.45, 7) is 0. The molecule has 0 aromatic heterocycles. The maximum Gasteiger partial charge on any atom is 0.275 e. The summed E-state index contributed by atoms with van der Waals surface area (Å²) >= 11 is 5.81. The molecule has 0 aliphatic rings. The van der Waals surface area contributed by atoms with E-state index in [0.717, 1.165) is 5.01 Å². The second-order valence-electron chi connectivity index (χ2n) is 3.07. The van der Waals surface area contributed by atoms with Crippen LogP contribution in [-0.4, -0.2) is 31.0 Å². The topological polar surface area (TPSA) is 82.8 Å². The number of hydrogen-bond donors (Lipinski definition) is 3. The molecule has 0 atom stereocenters. The molecule has 9 heteroatoms. The minimum Gasteiger partial charge on any atom is -0.367 e. The van der Waals surface area contributed by atoms with Crippen molar-refractivity contribution in [2.75, 3.05) is 14.1 Å². The molecular weight excluding hydrogens is 313 g/mol. The number of nitrogens with one attached hydrogen (secondary N) is 2. The van der Waals surface area contributed by atoms with Crippen LogP contribution in [0.5, 0.6) is 0 Å². The second-order valence-corrected chi connectivity index (χ2v) is 3.50. The number of carbonyl (C=O) groups is 1. The van der Waals surface area contributed by atoms with E-state index in [4.69, 9.17) is 17.3 Å². The van der Waals surface area contributed by atoms with E-state index in [1.54, 1.807) is 38.4 Å². The quantitative estimate of drug-likeness (QED) is 0.442. The highest BCUT2D eigenvalue weighted by Gasteiger charge is 2.18. The Balaban J connectivity index is 0. The number of hydrogen-bond acceptors (Lipinski definition) is 4. The van der Waals surface area contributed by atoms with Crippen molar-refractivity contribution in [3.63, 3.8) is 0 Å². The smallest absolute Gasteiger partial charge is 0.275 e. The molecule has 0 bridgehead atoms. The first kappa shape index (κ1) is 20.1. The first-order chi connectivity index (χ1) is 8.10. The molecule has 0 aliphatic heterocycles. The minimum absolute atomic E-state index is 0. The summed E-state index contributed by atoms with van der Waals surface area (Å²) in [5.74, 6) is -0.327. The average Bonchev–Trinajstić information content (AvgIpc) is 2.30. The molecule has 108 valence electrons. The van der Waals surface area contributed by atoms with E-state index in [1.807, 2.05) is 0 Å². The van der Waals surface area contributed by atoms with Crippen molar-refractivity contribution in [3.8, 4) is 0 Å². The van der Waals surface area contributed by atoms with Crippen LogP contribution in [0.1, 0.15) is 10.4 Å². The lowest BCUT2D eigenvalue weighted by Crippen LogP contribution is -2.49. The molecule has 0 heterocycles. The normalized spacial score (nSPS) is 9.95. The maximum absolute atomic E-state index is 12.1. The first-order valence-electron chi connectivity index (χ1n) is 4.87. The molecule has 1 amide bonds. The number of halogens is 3. The van der Waals surface area contributed by atoms with E-state index < -0.39 is 0 Å². The van der Waals surface area contributed by atoms with Gasteiger partial charge in [-0.3, -0.25) is 4.79 Å². The Kier molecular flexibility index (Phi) is 10.3. The van der Waals surface area contributed by atoms with Crippen molar-refractivity contribution >= 4 is 48.3 Å². The van der Waals surface area contributed by atoms with Crippen LogP contribution in [0.4, 0.5) is 0 Å². The van der Waals surface area contributed by atoms with Crippen LogP contribution in [-0.2, 0) is 0 Å². The molecule has 19 heavy (non-hydrogen) atoms. The van der Waals surface area contributed by atoms with E-state index in [1.165, 1.54) is 0 Å². The molecule has 0 saturated carbocycles. The molecule has 0 aliphatic carbocycles. The monoisotopic (exact) mass is 327 g/mol. The summed E-state index contributed by atoms with van der Waals surface area (Å²) in [4.78, 5) is 12.1. The molecule has 0 fully saturated rings. The number of hydrazine groups is 1. The van der Waals surface area contributed by atoms with Gasteiger partial charge in [-0.25, -0.2) is 10.4 Å². The number of guanidine groups is 1. The molecule has 0 spiro atoms. The average molecular weight is 329 g/mol. The van der Waals surface area contributed by atoms with E-state index in [2.05, 4.69) is 16.0 Å². The Morgan fingerprint density at radius 1 is 1.37 bits per heavy atom. The predicted molar refractivity (Wildman–Crippen MR) is 81.9 cm³/mol. The zero-order valence-corrected chi connectivity index (χ0v) is 12.8. The SMILES string of the molecule is CNN=C(N)N(NC)C(=O)c1cccc(Cl)c1.Cl.Cl. The summed E-state index contributed by atoms with van der Waals surface area (Å²) in [5.41, 5.74) is 11.2. The molecular formula is C10H16Cl3N5O.